The predicted molar refractivity (Wildman–Crippen MR) is 69.1 cm³/mol. The zero-order valence-corrected chi connectivity index (χ0v) is 10.8. The molecule has 0 bridgehead atoms. The first-order valence-corrected chi connectivity index (χ1v) is 6.32. The number of hydrogen-bond donors (Lipinski definition) is 2. The van der Waals surface area contributed by atoms with E-state index in [0.717, 1.165) is 11.3 Å². The van der Waals surface area contributed by atoms with Crippen LogP contribution in [-0.4, -0.2) is 30.1 Å². The number of para-hydroxylation sites is 1. The van der Waals surface area contributed by atoms with Crippen LogP contribution in [0.1, 0.15) is 24.8 Å². The lowest BCUT2D eigenvalue weighted by molar-refractivity contribution is -0.141. The van der Waals surface area contributed by atoms with Crippen molar-refractivity contribution in [2.45, 2.75) is 19.3 Å². The highest BCUT2D eigenvalue weighted by atomic mass is 16.5. The Balaban J connectivity index is 1.87. The molecule has 2 atom stereocenters. The van der Waals surface area contributed by atoms with Gasteiger partial charge in [0.25, 0.3) is 0 Å². The summed E-state index contributed by atoms with van der Waals surface area (Å²) in [6, 6.07) is 7.47. The Kier molecular flexibility index (Phi) is 4.04. The molecule has 0 saturated heterocycles. The summed E-state index contributed by atoms with van der Waals surface area (Å²) in [5.74, 6) is -0.948. The van der Waals surface area contributed by atoms with Crippen LogP contribution in [0.2, 0.25) is 0 Å². The fourth-order valence-electron chi connectivity index (χ4n) is 2.04. The molecule has 102 valence electrons. The van der Waals surface area contributed by atoms with Crippen molar-refractivity contribution >= 4 is 11.9 Å². The Labute approximate surface area is 111 Å². The fraction of sp³-hybridized carbons (Fsp3) is 0.429. The van der Waals surface area contributed by atoms with Gasteiger partial charge in [-0.05, 0) is 12.5 Å². The lowest BCUT2D eigenvalue weighted by Gasteiger charge is -2.11. The van der Waals surface area contributed by atoms with Crippen molar-refractivity contribution in [2.24, 2.45) is 5.92 Å². The van der Waals surface area contributed by atoms with Gasteiger partial charge in [-0.1, -0.05) is 25.1 Å². The quantitative estimate of drug-likeness (QED) is 0.841. The Hall–Kier alpha value is -2.04. The van der Waals surface area contributed by atoms with Gasteiger partial charge in [0.1, 0.15) is 18.3 Å². The summed E-state index contributed by atoms with van der Waals surface area (Å²) in [6.07, 6.45) is 0.427. The standard InChI is InChI=1S/C14H17NO4/c1-9(14(17)18)6-7-15-13(16)11-8-19-12-5-3-2-4-10(11)12/h2-5,9,11H,6-8H2,1H3,(H,15,16)(H,17,18). The van der Waals surface area contributed by atoms with E-state index in [9.17, 15) is 9.59 Å². The van der Waals surface area contributed by atoms with Gasteiger partial charge in [0.15, 0.2) is 0 Å². The van der Waals surface area contributed by atoms with E-state index in [1.54, 1.807) is 6.92 Å². The second-order valence-corrected chi connectivity index (χ2v) is 4.72. The average molecular weight is 263 g/mol. The minimum Gasteiger partial charge on any atom is -0.492 e. The molecule has 5 heteroatoms. The van der Waals surface area contributed by atoms with Crippen molar-refractivity contribution < 1.29 is 19.4 Å². The van der Waals surface area contributed by atoms with Crippen molar-refractivity contribution in [1.82, 2.24) is 5.32 Å². The van der Waals surface area contributed by atoms with Gasteiger partial charge in [0, 0.05) is 12.1 Å². The van der Waals surface area contributed by atoms with Gasteiger partial charge in [-0.2, -0.15) is 0 Å². The molecule has 0 fully saturated rings. The number of amides is 1. The van der Waals surface area contributed by atoms with Crippen LogP contribution in [-0.2, 0) is 9.59 Å². The largest absolute Gasteiger partial charge is 0.492 e. The predicted octanol–water partition coefficient (Wildman–Crippen LogP) is 1.39. The van der Waals surface area contributed by atoms with E-state index in [1.165, 1.54) is 0 Å². The SMILES string of the molecule is CC(CCNC(=O)C1COc2ccccc21)C(=O)O. The molecule has 2 rings (SSSR count). The highest BCUT2D eigenvalue weighted by Crippen LogP contribution is 2.33. The molecule has 0 aliphatic carbocycles. The van der Waals surface area contributed by atoms with Gasteiger partial charge < -0.3 is 15.2 Å². The van der Waals surface area contributed by atoms with E-state index in [1.807, 2.05) is 24.3 Å². The molecule has 2 N–H and O–H groups in total. The first-order chi connectivity index (χ1) is 9.09. The normalized spacial score (nSPS) is 18.3. The summed E-state index contributed by atoms with van der Waals surface area (Å²) in [6.45, 7) is 2.34. The molecule has 1 aromatic carbocycles. The maximum atomic E-state index is 12.0. The van der Waals surface area contributed by atoms with Crippen molar-refractivity contribution in [3.63, 3.8) is 0 Å². The van der Waals surface area contributed by atoms with Crippen LogP contribution in [0.4, 0.5) is 0 Å². The second kappa shape index (κ2) is 5.73. The highest BCUT2D eigenvalue weighted by Gasteiger charge is 2.29. The van der Waals surface area contributed by atoms with Crippen molar-refractivity contribution in [3.8, 4) is 5.75 Å². The number of aliphatic carboxylic acids is 1. The fourth-order valence-corrected chi connectivity index (χ4v) is 2.04. The maximum absolute atomic E-state index is 12.0. The molecular formula is C14H17NO4. The first-order valence-electron chi connectivity index (χ1n) is 6.32. The molecule has 0 spiro atoms. The molecule has 0 saturated carbocycles. The minimum atomic E-state index is -0.844. The lowest BCUT2D eigenvalue weighted by atomic mass is 10.0. The molecule has 0 aromatic heterocycles. The van der Waals surface area contributed by atoms with Crippen LogP contribution in [0.15, 0.2) is 24.3 Å². The second-order valence-electron chi connectivity index (χ2n) is 4.72. The van der Waals surface area contributed by atoms with Gasteiger partial charge in [-0.15, -0.1) is 0 Å². The van der Waals surface area contributed by atoms with E-state index >= 15 is 0 Å². The van der Waals surface area contributed by atoms with Gasteiger partial charge in [-0.3, -0.25) is 9.59 Å². The Bertz CT molecular complexity index is 486. The van der Waals surface area contributed by atoms with E-state index in [0.29, 0.717) is 19.6 Å². The van der Waals surface area contributed by atoms with Gasteiger partial charge in [-0.25, -0.2) is 0 Å². The first kappa shape index (κ1) is 13.4. The van der Waals surface area contributed by atoms with Crippen LogP contribution in [0.3, 0.4) is 0 Å². The Morgan fingerprint density at radius 1 is 1.47 bits per heavy atom. The Morgan fingerprint density at radius 3 is 2.95 bits per heavy atom. The zero-order valence-electron chi connectivity index (χ0n) is 10.8. The third-order valence-corrected chi connectivity index (χ3v) is 3.31. The monoisotopic (exact) mass is 263 g/mol. The molecule has 5 nitrogen and oxygen atoms in total. The summed E-state index contributed by atoms with van der Waals surface area (Å²) in [7, 11) is 0. The summed E-state index contributed by atoms with van der Waals surface area (Å²) in [5.41, 5.74) is 0.895. The zero-order chi connectivity index (χ0) is 13.8. The number of hydrogen-bond acceptors (Lipinski definition) is 3. The molecule has 2 unspecified atom stereocenters. The summed E-state index contributed by atoms with van der Waals surface area (Å²) >= 11 is 0. The Morgan fingerprint density at radius 2 is 2.21 bits per heavy atom. The maximum Gasteiger partial charge on any atom is 0.306 e. The van der Waals surface area contributed by atoms with E-state index in [-0.39, 0.29) is 11.8 Å². The number of carbonyl (C=O) groups is 2. The number of carboxylic acid groups (broad SMARTS) is 1. The molecular weight excluding hydrogens is 246 g/mol. The van der Waals surface area contributed by atoms with Gasteiger partial charge >= 0.3 is 5.97 Å². The topological polar surface area (TPSA) is 75.6 Å². The molecule has 19 heavy (non-hydrogen) atoms. The molecule has 0 radical (unpaired) electrons. The van der Waals surface area contributed by atoms with Crippen molar-refractivity contribution in [1.29, 1.82) is 0 Å². The van der Waals surface area contributed by atoms with E-state index in [4.69, 9.17) is 9.84 Å². The number of rotatable bonds is 5. The lowest BCUT2D eigenvalue weighted by Crippen LogP contribution is -2.32. The number of ether oxygens (including phenoxy) is 1. The number of benzene rings is 1. The van der Waals surface area contributed by atoms with Crippen LogP contribution < -0.4 is 10.1 Å². The van der Waals surface area contributed by atoms with Crippen LogP contribution in [0, 0.1) is 5.92 Å². The van der Waals surface area contributed by atoms with Crippen LogP contribution in [0.5, 0.6) is 5.75 Å². The van der Waals surface area contributed by atoms with Crippen molar-refractivity contribution in [3.05, 3.63) is 29.8 Å². The molecule has 1 aliphatic rings. The summed E-state index contributed by atoms with van der Waals surface area (Å²) < 4.78 is 5.44. The van der Waals surface area contributed by atoms with Crippen molar-refractivity contribution in [2.75, 3.05) is 13.2 Å². The van der Waals surface area contributed by atoms with E-state index in [2.05, 4.69) is 5.32 Å². The number of nitrogens with one attached hydrogen (secondary N) is 1. The summed E-state index contributed by atoms with van der Waals surface area (Å²) in [4.78, 5) is 22.7. The summed E-state index contributed by atoms with van der Waals surface area (Å²) in [5, 5.41) is 11.5. The third-order valence-electron chi connectivity index (χ3n) is 3.31. The van der Waals surface area contributed by atoms with Crippen LogP contribution in [0.25, 0.3) is 0 Å². The smallest absolute Gasteiger partial charge is 0.306 e. The average Bonchev–Trinajstić information content (AvgIpc) is 2.82. The molecule has 1 aromatic rings. The molecule has 1 heterocycles. The number of carbonyl (C=O) groups excluding carboxylic acids is 1. The number of carboxylic acids is 1. The third kappa shape index (κ3) is 3.05. The number of fused-ring (bicyclic) bond motifs is 1. The van der Waals surface area contributed by atoms with Gasteiger partial charge in [0.2, 0.25) is 5.91 Å². The highest BCUT2D eigenvalue weighted by molar-refractivity contribution is 5.85. The molecule has 1 amide bonds. The van der Waals surface area contributed by atoms with Crippen LogP contribution >= 0.6 is 0 Å². The molecule has 1 aliphatic heterocycles. The van der Waals surface area contributed by atoms with Gasteiger partial charge in [0.05, 0.1) is 5.92 Å². The van der Waals surface area contributed by atoms with E-state index < -0.39 is 11.9 Å². The minimum absolute atomic E-state index is 0.109.